The van der Waals surface area contributed by atoms with Gasteiger partial charge in [-0.2, -0.15) is 0 Å². The molecule has 1 saturated carbocycles. The second-order valence-corrected chi connectivity index (χ2v) is 5.57. The molecule has 0 bridgehead atoms. The highest BCUT2D eigenvalue weighted by Gasteiger charge is 2.36. The molecule has 2 aliphatic rings. The van der Waals surface area contributed by atoms with Crippen molar-refractivity contribution in [2.24, 2.45) is 0 Å². The van der Waals surface area contributed by atoms with E-state index in [0.717, 1.165) is 19.3 Å². The summed E-state index contributed by atoms with van der Waals surface area (Å²) < 4.78 is 12.8. The van der Waals surface area contributed by atoms with Crippen molar-refractivity contribution < 1.29 is 14.0 Å². The Morgan fingerprint density at radius 3 is 2.52 bits per heavy atom. The number of likely N-dealkylation sites (tertiary alicyclic amines) is 1. The SMILES string of the molecule is O=C(NC1CC1)[C@H]1CCCN1C(=O)Nc1ccc(F)cc1. The molecule has 5 nitrogen and oxygen atoms in total. The highest BCUT2D eigenvalue weighted by atomic mass is 19.1. The third-order valence-corrected chi connectivity index (χ3v) is 3.84. The molecule has 1 saturated heterocycles. The van der Waals surface area contributed by atoms with Crippen LogP contribution in [0.3, 0.4) is 0 Å². The van der Waals surface area contributed by atoms with E-state index < -0.39 is 6.04 Å². The lowest BCUT2D eigenvalue weighted by Gasteiger charge is -2.24. The van der Waals surface area contributed by atoms with E-state index in [1.807, 2.05) is 0 Å². The lowest BCUT2D eigenvalue weighted by Crippen LogP contribution is -2.47. The fraction of sp³-hybridized carbons (Fsp3) is 0.467. The van der Waals surface area contributed by atoms with E-state index in [1.165, 1.54) is 24.3 Å². The molecule has 1 aromatic carbocycles. The van der Waals surface area contributed by atoms with Crippen molar-refractivity contribution in [2.75, 3.05) is 11.9 Å². The molecule has 1 aromatic rings. The number of hydrogen-bond acceptors (Lipinski definition) is 2. The van der Waals surface area contributed by atoms with Crippen LogP contribution in [0.2, 0.25) is 0 Å². The summed E-state index contributed by atoms with van der Waals surface area (Å²) in [5.41, 5.74) is 0.523. The van der Waals surface area contributed by atoms with Crippen LogP contribution in [0.25, 0.3) is 0 Å². The Morgan fingerprint density at radius 1 is 1.14 bits per heavy atom. The number of anilines is 1. The van der Waals surface area contributed by atoms with Crippen molar-refractivity contribution in [2.45, 2.75) is 37.8 Å². The summed E-state index contributed by atoms with van der Waals surface area (Å²) >= 11 is 0. The zero-order valence-electron chi connectivity index (χ0n) is 11.6. The summed E-state index contributed by atoms with van der Waals surface area (Å²) in [7, 11) is 0. The largest absolute Gasteiger partial charge is 0.352 e. The standard InChI is InChI=1S/C15H18FN3O2/c16-10-3-5-12(6-4-10)18-15(21)19-9-1-2-13(19)14(20)17-11-7-8-11/h3-6,11,13H,1-2,7-9H2,(H,17,20)(H,18,21)/t13-/m1/s1. The summed E-state index contributed by atoms with van der Waals surface area (Å²) in [5.74, 6) is -0.417. The van der Waals surface area contributed by atoms with Gasteiger partial charge in [0.15, 0.2) is 0 Å². The van der Waals surface area contributed by atoms with Crippen LogP contribution in [-0.4, -0.2) is 35.5 Å². The number of hydrogen-bond donors (Lipinski definition) is 2. The molecule has 2 fully saturated rings. The molecular formula is C15H18FN3O2. The van der Waals surface area contributed by atoms with Gasteiger partial charge in [-0.05, 0) is 49.9 Å². The molecule has 1 aliphatic heterocycles. The predicted molar refractivity (Wildman–Crippen MR) is 76.3 cm³/mol. The molecule has 0 aromatic heterocycles. The van der Waals surface area contributed by atoms with Gasteiger partial charge >= 0.3 is 6.03 Å². The smallest absolute Gasteiger partial charge is 0.322 e. The van der Waals surface area contributed by atoms with Crippen LogP contribution in [0.5, 0.6) is 0 Å². The zero-order valence-corrected chi connectivity index (χ0v) is 11.6. The van der Waals surface area contributed by atoms with Crippen LogP contribution in [-0.2, 0) is 4.79 Å². The highest BCUT2D eigenvalue weighted by Crippen LogP contribution is 2.23. The minimum absolute atomic E-state index is 0.0655. The molecule has 0 radical (unpaired) electrons. The molecule has 2 N–H and O–H groups in total. The summed E-state index contributed by atoms with van der Waals surface area (Å²) in [4.78, 5) is 25.9. The van der Waals surface area contributed by atoms with Crippen LogP contribution < -0.4 is 10.6 Å². The first-order valence-corrected chi connectivity index (χ1v) is 7.27. The van der Waals surface area contributed by atoms with Crippen molar-refractivity contribution in [3.63, 3.8) is 0 Å². The van der Waals surface area contributed by atoms with Gasteiger partial charge in [0.2, 0.25) is 5.91 Å². The summed E-state index contributed by atoms with van der Waals surface area (Å²) in [6, 6.07) is 5.17. The minimum Gasteiger partial charge on any atom is -0.352 e. The Bertz CT molecular complexity index is 542. The molecule has 112 valence electrons. The van der Waals surface area contributed by atoms with Crippen LogP contribution >= 0.6 is 0 Å². The zero-order chi connectivity index (χ0) is 14.8. The first-order valence-electron chi connectivity index (χ1n) is 7.27. The Hall–Kier alpha value is -2.11. The van der Waals surface area contributed by atoms with E-state index >= 15 is 0 Å². The van der Waals surface area contributed by atoms with Gasteiger partial charge in [-0.3, -0.25) is 4.79 Å². The lowest BCUT2D eigenvalue weighted by atomic mass is 10.2. The van der Waals surface area contributed by atoms with Gasteiger partial charge in [0.05, 0.1) is 0 Å². The van der Waals surface area contributed by atoms with E-state index in [0.29, 0.717) is 24.7 Å². The Balaban J connectivity index is 1.62. The number of nitrogens with one attached hydrogen (secondary N) is 2. The number of amides is 3. The lowest BCUT2D eigenvalue weighted by molar-refractivity contribution is -0.124. The van der Waals surface area contributed by atoms with Crippen molar-refractivity contribution in [3.05, 3.63) is 30.1 Å². The first kappa shape index (κ1) is 13.9. The van der Waals surface area contributed by atoms with Crippen LogP contribution in [0.1, 0.15) is 25.7 Å². The molecule has 1 heterocycles. The summed E-state index contributed by atoms with van der Waals surface area (Å²) in [6.07, 6.45) is 3.56. The van der Waals surface area contributed by atoms with E-state index in [-0.39, 0.29) is 17.8 Å². The third kappa shape index (κ3) is 3.32. The molecule has 0 unspecified atom stereocenters. The van der Waals surface area contributed by atoms with Crippen LogP contribution in [0.15, 0.2) is 24.3 Å². The van der Waals surface area contributed by atoms with Gasteiger partial charge < -0.3 is 15.5 Å². The van der Waals surface area contributed by atoms with E-state index in [4.69, 9.17) is 0 Å². The predicted octanol–water partition coefficient (Wildman–Crippen LogP) is 2.10. The van der Waals surface area contributed by atoms with Gasteiger partial charge in [0.25, 0.3) is 0 Å². The van der Waals surface area contributed by atoms with E-state index in [9.17, 15) is 14.0 Å². The number of benzene rings is 1. The minimum atomic E-state index is -0.397. The van der Waals surface area contributed by atoms with Crippen LogP contribution in [0.4, 0.5) is 14.9 Å². The van der Waals surface area contributed by atoms with Gasteiger partial charge in [-0.25, -0.2) is 9.18 Å². The number of nitrogens with zero attached hydrogens (tertiary/aromatic N) is 1. The van der Waals surface area contributed by atoms with Crippen molar-refractivity contribution >= 4 is 17.6 Å². The second kappa shape index (κ2) is 5.71. The fourth-order valence-electron chi connectivity index (χ4n) is 2.54. The number of carbonyl (C=O) groups is 2. The molecule has 1 aliphatic carbocycles. The van der Waals surface area contributed by atoms with Crippen molar-refractivity contribution in [1.82, 2.24) is 10.2 Å². The molecule has 3 rings (SSSR count). The Labute approximate surface area is 122 Å². The third-order valence-electron chi connectivity index (χ3n) is 3.84. The molecule has 6 heteroatoms. The molecule has 1 atom stereocenters. The molecule has 0 spiro atoms. The summed E-state index contributed by atoms with van der Waals surface area (Å²) in [6.45, 7) is 0.565. The fourth-order valence-corrected chi connectivity index (χ4v) is 2.54. The van der Waals surface area contributed by atoms with E-state index in [2.05, 4.69) is 10.6 Å². The molecule has 3 amide bonds. The maximum atomic E-state index is 12.8. The monoisotopic (exact) mass is 291 g/mol. The van der Waals surface area contributed by atoms with Gasteiger partial charge in [0, 0.05) is 18.3 Å². The molecule has 21 heavy (non-hydrogen) atoms. The maximum absolute atomic E-state index is 12.8. The highest BCUT2D eigenvalue weighted by molar-refractivity contribution is 5.94. The van der Waals surface area contributed by atoms with Crippen molar-refractivity contribution in [1.29, 1.82) is 0 Å². The quantitative estimate of drug-likeness (QED) is 0.896. The summed E-state index contributed by atoms with van der Waals surface area (Å²) in [5, 5.41) is 5.65. The number of halogens is 1. The number of rotatable bonds is 3. The van der Waals surface area contributed by atoms with Gasteiger partial charge in [-0.15, -0.1) is 0 Å². The maximum Gasteiger partial charge on any atom is 0.322 e. The first-order chi connectivity index (χ1) is 10.1. The average molecular weight is 291 g/mol. The Morgan fingerprint density at radius 2 is 1.86 bits per heavy atom. The average Bonchev–Trinajstić information content (AvgIpc) is 3.13. The van der Waals surface area contributed by atoms with Crippen LogP contribution in [0, 0.1) is 5.82 Å². The van der Waals surface area contributed by atoms with Gasteiger partial charge in [-0.1, -0.05) is 0 Å². The normalized spacial score (nSPS) is 21.2. The van der Waals surface area contributed by atoms with Gasteiger partial charge in [0.1, 0.15) is 11.9 Å². The number of carbonyl (C=O) groups excluding carboxylic acids is 2. The van der Waals surface area contributed by atoms with Crippen molar-refractivity contribution in [3.8, 4) is 0 Å². The Kier molecular flexibility index (Phi) is 3.77. The second-order valence-electron chi connectivity index (χ2n) is 5.57. The number of urea groups is 1. The molecular weight excluding hydrogens is 273 g/mol. The van der Waals surface area contributed by atoms with E-state index in [1.54, 1.807) is 4.90 Å². The topological polar surface area (TPSA) is 61.4 Å².